The normalized spacial score (nSPS) is 10.1. The molecule has 5 nitrogen and oxygen atoms in total. The smallest absolute Gasteiger partial charge is 0.250 e. The number of hydrogen-bond donors (Lipinski definition) is 3. The number of anilines is 2. The Bertz CT molecular complexity index is 366. The number of benzene rings is 1. The lowest BCUT2D eigenvalue weighted by atomic mass is 10.1. The van der Waals surface area contributed by atoms with Gasteiger partial charge in [0.15, 0.2) is 0 Å². The molecule has 0 aliphatic heterocycles. The SMILES string of the molecule is CCOCCNc1c(N)cccc1C(N)=O. The maximum absolute atomic E-state index is 11.2. The Hall–Kier alpha value is -1.75. The van der Waals surface area contributed by atoms with Crippen LogP contribution in [-0.4, -0.2) is 25.7 Å². The first-order chi connectivity index (χ1) is 7.66. The van der Waals surface area contributed by atoms with Crippen molar-refractivity contribution in [3.8, 4) is 0 Å². The maximum Gasteiger partial charge on any atom is 0.250 e. The lowest BCUT2D eigenvalue weighted by molar-refractivity contribution is 0.100. The van der Waals surface area contributed by atoms with E-state index < -0.39 is 5.91 Å². The van der Waals surface area contributed by atoms with Gasteiger partial charge in [-0.2, -0.15) is 0 Å². The number of primary amides is 1. The van der Waals surface area contributed by atoms with Gasteiger partial charge in [0.2, 0.25) is 0 Å². The van der Waals surface area contributed by atoms with E-state index in [0.29, 0.717) is 36.7 Å². The van der Waals surface area contributed by atoms with E-state index in [1.807, 2.05) is 6.92 Å². The molecule has 1 amide bonds. The van der Waals surface area contributed by atoms with Gasteiger partial charge in [-0.3, -0.25) is 4.79 Å². The second-order valence-electron chi connectivity index (χ2n) is 3.26. The van der Waals surface area contributed by atoms with Crippen LogP contribution in [0.3, 0.4) is 0 Å². The van der Waals surface area contributed by atoms with E-state index in [4.69, 9.17) is 16.2 Å². The Morgan fingerprint density at radius 3 is 2.88 bits per heavy atom. The molecule has 16 heavy (non-hydrogen) atoms. The van der Waals surface area contributed by atoms with Crippen LogP contribution < -0.4 is 16.8 Å². The van der Waals surface area contributed by atoms with E-state index in [1.54, 1.807) is 18.2 Å². The van der Waals surface area contributed by atoms with Crippen molar-refractivity contribution in [1.29, 1.82) is 0 Å². The van der Waals surface area contributed by atoms with Crippen molar-refractivity contribution in [1.82, 2.24) is 0 Å². The predicted octanol–water partition coefficient (Wildman–Crippen LogP) is 0.816. The highest BCUT2D eigenvalue weighted by Gasteiger charge is 2.09. The van der Waals surface area contributed by atoms with Crippen molar-refractivity contribution in [2.24, 2.45) is 5.73 Å². The van der Waals surface area contributed by atoms with Crippen molar-refractivity contribution in [3.05, 3.63) is 23.8 Å². The number of rotatable bonds is 6. The second kappa shape index (κ2) is 5.97. The van der Waals surface area contributed by atoms with Crippen LogP contribution in [0, 0.1) is 0 Å². The van der Waals surface area contributed by atoms with Gasteiger partial charge in [-0.25, -0.2) is 0 Å². The highest BCUT2D eigenvalue weighted by molar-refractivity contribution is 6.01. The van der Waals surface area contributed by atoms with Gasteiger partial charge in [0.1, 0.15) is 0 Å². The second-order valence-corrected chi connectivity index (χ2v) is 3.26. The first-order valence-corrected chi connectivity index (χ1v) is 5.16. The summed E-state index contributed by atoms with van der Waals surface area (Å²) in [5.74, 6) is -0.494. The molecule has 0 fully saturated rings. The number of para-hydroxylation sites is 1. The number of nitrogens with one attached hydrogen (secondary N) is 1. The molecule has 1 rings (SSSR count). The average molecular weight is 223 g/mol. The summed E-state index contributed by atoms with van der Waals surface area (Å²) in [4.78, 5) is 11.2. The molecule has 88 valence electrons. The zero-order chi connectivity index (χ0) is 12.0. The van der Waals surface area contributed by atoms with E-state index in [9.17, 15) is 4.79 Å². The molecule has 0 atom stereocenters. The molecule has 1 aromatic rings. The van der Waals surface area contributed by atoms with E-state index in [2.05, 4.69) is 5.32 Å². The van der Waals surface area contributed by atoms with Gasteiger partial charge in [0.25, 0.3) is 5.91 Å². The van der Waals surface area contributed by atoms with E-state index in [1.165, 1.54) is 0 Å². The quantitative estimate of drug-likeness (QED) is 0.492. The Balaban J connectivity index is 2.73. The monoisotopic (exact) mass is 223 g/mol. The zero-order valence-corrected chi connectivity index (χ0v) is 9.32. The molecule has 0 heterocycles. The Morgan fingerprint density at radius 2 is 2.25 bits per heavy atom. The van der Waals surface area contributed by atoms with Crippen LogP contribution in [-0.2, 0) is 4.74 Å². The summed E-state index contributed by atoms with van der Waals surface area (Å²) in [7, 11) is 0. The average Bonchev–Trinajstić information content (AvgIpc) is 2.25. The zero-order valence-electron chi connectivity index (χ0n) is 9.32. The molecule has 5 N–H and O–H groups in total. The molecular formula is C11H17N3O2. The molecule has 0 saturated carbocycles. The third-order valence-electron chi connectivity index (χ3n) is 2.11. The first-order valence-electron chi connectivity index (χ1n) is 5.16. The largest absolute Gasteiger partial charge is 0.397 e. The van der Waals surface area contributed by atoms with Crippen molar-refractivity contribution in [2.75, 3.05) is 30.8 Å². The highest BCUT2D eigenvalue weighted by atomic mass is 16.5. The van der Waals surface area contributed by atoms with Crippen LogP contribution >= 0.6 is 0 Å². The molecule has 0 bridgehead atoms. The number of amides is 1. The van der Waals surface area contributed by atoms with Crippen LogP contribution in [0.4, 0.5) is 11.4 Å². The number of carbonyl (C=O) groups excluding carboxylic acids is 1. The number of hydrogen-bond acceptors (Lipinski definition) is 4. The molecule has 0 aromatic heterocycles. The van der Waals surface area contributed by atoms with Crippen molar-refractivity contribution < 1.29 is 9.53 Å². The number of carbonyl (C=O) groups is 1. The summed E-state index contributed by atoms with van der Waals surface area (Å²) in [6.07, 6.45) is 0. The summed E-state index contributed by atoms with van der Waals surface area (Å²) >= 11 is 0. The summed E-state index contributed by atoms with van der Waals surface area (Å²) in [5.41, 5.74) is 12.5. The molecule has 0 unspecified atom stereocenters. The van der Waals surface area contributed by atoms with Gasteiger partial charge in [0, 0.05) is 13.2 Å². The Morgan fingerprint density at radius 1 is 1.50 bits per heavy atom. The highest BCUT2D eigenvalue weighted by Crippen LogP contribution is 2.22. The van der Waals surface area contributed by atoms with E-state index >= 15 is 0 Å². The molecule has 0 radical (unpaired) electrons. The standard InChI is InChI=1S/C11H17N3O2/c1-2-16-7-6-14-10-8(11(13)15)4-3-5-9(10)12/h3-5,14H,2,6-7,12H2,1H3,(H2,13,15). The van der Waals surface area contributed by atoms with Crippen molar-refractivity contribution in [3.63, 3.8) is 0 Å². The van der Waals surface area contributed by atoms with E-state index in [-0.39, 0.29) is 0 Å². The van der Waals surface area contributed by atoms with Crippen molar-refractivity contribution >= 4 is 17.3 Å². The molecule has 0 aliphatic carbocycles. The van der Waals surface area contributed by atoms with Gasteiger partial charge in [-0.1, -0.05) is 6.07 Å². The Kier molecular flexibility index (Phi) is 4.60. The van der Waals surface area contributed by atoms with Gasteiger partial charge >= 0.3 is 0 Å². The van der Waals surface area contributed by atoms with Gasteiger partial charge in [-0.15, -0.1) is 0 Å². The fourth-order valence-electron chi connectivity index (χ4n) is 1.37. The minimum absolute atomic E-state index is 0.400. The molecule has 0 aliphatic rings. The van der Waals surface area contributed by atoms with Crippen LogP contribution in [0.25, 0.3) is 0 Å². The first kappa shape index (κ1) is 12.3. The van der Waals surface area contributed by atoms with Crippen molar-refractivity contribution in [2.45, 2.75) is 6.92 Å². The molecule has 1 aromatic carbocycles. The van der Waals surface area contributed by atoms with Crippen LogP contribution in [0.15, 0.2) is 18.2 Å². The van der Waals surface area contributed by atoms with Crippen LogP contribution in [0.5, 0.6) is 0 Å². The summed E-state index contributed by atoms with van der Waals surface area (Å²) in [5, 5.41) is 3.05. The van der Waals surface area contributed by atoms with Gasteiger partial charge in [0.05, 0.1) is 23.5 Å². The lowest BCUT2D eigenvalue weighted by Crippen LogP contribution is -2.17. The topological polar surface area (TPSA) is 90.4 Å². The third-order valence-corrected chi connectivity index (χ3v) is 2.11. The molecular weight excluding hydrogens is 206 g/mol. The van der Waals surface area contributed by atoms with Gasteiger partial charge < -0.3 is 21.5 Å². The maximum atomic E-state index is 11.2. The Labute approximate surface area is 94.8 Å². The van der Waals surface area contributed by atoms with E-state index in [0.717, 1.165) is 0 Å². The summed E-state index contributed by atoms with van der Waals surface area (Å²) < 4.78 is 5.18. The third kappa shape index (κ3) is 3.13. The minimum atomic E-state index is -0.494. The lowest BCUT2D eigenvalue weighted by Gasteiger charge is -2.12. The molecule has 5 heteroatoms. The molecule has 0 spiro atoms. The molecule has 0 saturated heterocycles. The number of nitrogen functional groups attached to an aromatic ring is 1. The minimum Gasteiger partial charge on any atom is -0.397 e. The summed E-state index contributed by atoms with van der Waals surface area (Å²) in [6, 6.07) is 5.06. The van der Waals surface area contributed by atoms with Crippen LogP contribution in [0.2, 0.25) is 0 Å². The number of nitrogens with two attached hydrogens (primary N) is 2. The predicted molar refractivity (Wildman–Crippen MR) is 64.4 cm³/mol. The number of ether oxygens (including phenoxy) is 1. The fourth-order valence-corrected chi connectivity index (χ4v) is 1.37. The summed E-state index contributed by atoms with van der Waals surface area (Å²) in [6.45, 7) is 3.73. The van der Waals surface area contributed by atoms with Crippen LogP contribution in [0.1, 0.15) is 17.3 Å². The fraction of sp³-hybridized carbons (Fsp3) is 0.364. The van der Waals surface area contributed by atoms with Gasteiger partial charge in [-0.05, 0) is 19.1 Å².